The Bertz CT molecular complexity index is 486. The fourth-order valence-corrected chi connectivity index (χ4v) is 3.60. The molecule has 0 aliphatic carbocycles. The molecule has 1 aromatic rings. The first-order valence-corrected chi connectivity index (χ1v) is 11.8. The Balaban J connectivity index is 2.88. The number of para-hydroxylation sites is 1. The van der Waals surface area contributed by atoms with Crippen LogP contribution in [-0.2, 0) is 18.3 Å². The Morgan fingerprint density at radius 3 is 2.50 bits per heavy atom. The van der Waals surface area contributed by atoms with Crippen molar-refractivity contribution >= 4 is 29.9 Å². The van der Waals surface area contributed by atoms with E-state index in [4.69, 9.17) is 24.1 Å². The molecule has 0 N–H and O–H groups in total. The molecule has 1 aromatic carbocycles. The second-order valence-electron chi connectivity index (χ2n) is 4.12. The van der Waals surface area contributed by atoms with Gasteiger partial charge in [-0.1, -0.05) is 0 Å². The van der Waals surface area contributed by atoms with Crippen LogP contribution in [0.5, 0.6) is 5.75 Å². The third-order valence-electron chi connectivity index (χ3n) is 2.83. The number of nitrogens with zero attached hydrogens (tertiary/aromatic N) is 1. The molecule has 6 heteroatoms. The van der Waals surface area contributed by atoms with Crippen LogP contribution >= 0.6 is 19.4 Å². The van der Waals surface area contributed by atoms with E-state index in [2.05, 4.69) is 0 Å². The van der Waals surface area contributed by atoms with Gasteiger partial charge < -0.3 is 0 Å². The molecular weight excluding hydrogens is 386 g/mol. The number of amides is 1. The van der Waals surface area contributed by atoms with Crippen LogP contribution in [-0.4, -0.2) is 34.6 Å². The monoisotopic (exact) mass is 405 g/mol. The van der Waals surface area contributed by atoms with Crippen LogP contribution in [0, 0.1) is 0 Å². The number of hydrogen-bond acceptors (Lipinski definition) is 2. The minimum absolute atomic E-state index is 0.0178. The number of rotatable bonds is 6. The zero-order valence-corrected chi connectivity index (χ0v) is 15.0. The van der Waals surface area contributed by atoms with Crippen LogP contribution in [0.15, 0.2) is 24.3 Å². The number of ether oxygens (including phenoxy) is 1. The summed E-state index contributed by atoms with van der Waals surface area (Å²) in [6.07, 6.45) is -0.532. The summed E-state index contributed by atoms with van der Waals surface area (Å²) in [6.45, 7) is 7.01. The van der Waals surface area contributed by atoms with E-state index in [9.17, 15) is 4.79 Å². The third kappa shape index (κ3) is 5.16. The van der Waals surface area contributed by atoms with E-state index in [1.165, 1.54) is 0 Å². The number of carbonyl (C=O) groups is 1. The van der Waals surface area contributed by atoms with Gasteiger partial charge in [-0.25, -0.2) is 0 Å². The molecule has 0 saturated heterocycles. The van der Waals surface area contributed by atoms with Crippen LogP contribution in [0.1, 0.15) is 26.3 Å². The van der Waals surface area contributed by atoms with E-state index in [0.717, 1.165) is 5.56 Å². The maximum absolute atomic E-state index is 12.2. The van der Waals surface area contributed by atoms with Crippen molar-refractivity contribution in [2.75, 3.05) is 13.1 Å². The van der Waals surface area contributed by atoms with Crippen LogP contribution in [0.4, 0.5) is 0 Å². The summed E-state index contributed by atoms with van der Waals surface area (Å²) in [5, 5.41) is 0. The summed E-state index contributed by atoms with van der Waals surface area (Å²) in [5.74, 6) is 0.622. The van der Waals surface area contributed by atoms with Crippen molar-refractivity contribution in [1.29, 1.82) is 0 Å². The molecule has 1 atom stereocenters. The summed E-state index contributed by atoms with van der Waals surface area (Å²) < 4.78 is 7.59. The van der Waals surface area contributed by atoms with E-state index >= 15 is 0 Å². The van der Waals surface area contributed by atoms with Gasteiger partial charge in [0, 0.05) is 0 Å². The average Bonchev–Trinajstić information content (AvgIpc) is 2.41. The van der Waals surface area contributed by atoms with Gasteiger partial charge >= 0.3 is 133 Å². The molecule has 0 fully saturated rings. The SMILES string of the molecule is CCN(CC)C(=O)C(C)Oc1ccccc1[CH]=[Ru]([Cl])[Cl]. The zero-order chi connectivity index (χ0) is 15.1. The van der Waals surface area contributed by atoms with Crippen LogP contribution < -0.4 is 4.74 Å². The van der Waals surface area contributed by atoms with Crippen LogP contribution in [0.2, 0.25) is 0 Å². The van der Waals surface area contributed by atoms with Crippen LogP contribution in [0.3, 0.4) is 0 Å². The predicted molar refractivity (Wildman–Crippen MR) is 81.3 cm³/mol. The average molecular weight is 405 g/mol. The molecule has 3 nitrogen and oxygen atoms in total. The summed E-state index contributed by atoms with van der Waals surface area (Å²) in [4.78, 5) is 13.9. The number of carbonyl (C=O) groups excluding carboxylic acids is 1. The molecular formula is C14H19Cl2NO2Ru. The van der Waals surface area contributed by atoms with Crippen molar-refractivity contribution in [2.45, 2.75) is 26.9 Å². The second kappa shape index (κ2) is 8.76. The van der Waals surface area contributed by atoms with Crippen molar-refractivity contribution in [3.05, 3.63) is 29.8 Å². The fraction of sp³-hybridized carbons (Fsp3) is 0.429. The molecule has 1 amide bonds. The molecule has 0 radical (unpaired) electrons. The van der Waals surface area contributed by atoms with Crippen molar-refractivity contribution in [1.82, 2.24) is 4.90 Å². The van der Waals surface area contributed by atoms with Gasteiger partial charge in [0.1, 0.15) is 0 Å². The third-order valence-corrected chi connectivity index (χ3v) is 4.67. The number of halogens is 2. The first-order chi connectivity index (χ1) is 9.49. The Morgan fingerprint density at radius 1 is 1.35 bits per heavy atom. The van der Waals surface area contributed by atoms with Gasteiger partial charge in [-0.3, -0.25) is 0 Å². The first-order valence-electron chi connectivity index (χ1n) is 6.37. The van der Waals surface area contributed by atoms with Gasteiger partial charge in [-0.2, -0.15) is 0 Å². The molecule has 0 bridgehead atoms. The summed E-state index contributed by atoms with van der Waals surface area (Å²) in [7, 11) is 11.8. The Morgan fingerprint density at radius 2 is 1.95 bits per heavy atom. The Labute approximate surface area is 133 Å². The number of likely N-dealkylation sites (N-methyl/N-ethyl adjacent to an activating group) is 1. The first kappa shape index (κ1) is 17.6. The van der Waals surface area contributed by atoms with Crippen molar-refractivity contribution in [2.24, 2.45) is 0 Å². The molecule has 114 valence electrons. The summed E-state index contributed by atoms with van der Waals surface area (Å²) >= 11 is -1.92. The van der Waals surface area contributed by atoms with E-state index in [1.807, 2.05) is 42.7 Å². The Kier molecular flexibility index (Phi) is 7.72. The van der Waals surface area contributed by atoms with Gasteiger partial charge in [0.2, 0.25) is 0 Å². The number of hydrogen-bond donors (Lipinski definition) is 0. The normalized spacial score (nSPS) is 12.6. The molecule has 1 unspecified atom stereocenters. The molecule has 0 saturated carbocycles. The van der Waals surface area contributed by atoms with E-state index in [1.54, 1.807) is 11.8 Å². The van der Waals surface area contributed by atoms with Crippen molar-refractivity contribution in [3.63, 3.8) is 0 Å². The van der Waals surface area contributed by atoms with Crippen molar-refractivity contribution < 1.29 is 23.0 Å². The topological polar surface area (TPSA) is 29.5 Å². The quantitative estimate of drug-likeness (QED) is 0.680. The summed E-state index contributed by atoms with van der Waals surface area (Å²) in [6, 6.07) is 7.46. The number of benzene rings is 1. The standard InChI is InChI=1S/C14H19NO2.2ClH.Ru/c1-5-15(6-2)14(16)12(4)17-13-10-8-7-9-11(13)3;;;/h3,7-10,12H,5-6H2,1-2,4H3;2*1H;/q;;;+2/p-2. The van der Waals surface area contributed by atoms with E-state index < -0.39 is 19.6 Å². The van der Waals surface area contributed by atoms with Gasteiger partial charge in [-0.05, 0) is 0 Å². The predicted octanol–water partition coefficient (Wildman–Crippen LogP) is 3.40. The molecule has 20 heavy (non-hydrogen) atoms. The fourth-order valence-electron chi connectivity index (χ4n) is 1.79. The molecule has 0 aliphatic rings. The molecule has 0 spiro atoms. The Hall–Kier alpha value is -0.437. The summed E-state index contributed by atoms with van der Waals surface area (Å²) in [5.41, 5.74) is 0.843. The van der Waals surface area contributed by atoms with Crippen LogP contribution in [0.25, 0.3) is 0 Å². The maximum atomic E-state index is 12.2. The second-order valence-corrected chi connectivity index (χ2v) is 9.84. The van der Waals surface area contributed by atoms with E-state index in [-0.39, 0.29) is 5.91 Å². The molecule has 0 heterocycles. The zero-order valence-electron chi connectivity index (χ0n) is 11.8. The van der Waals surface area contributed by atoms with Gasteiger partial charge in [0.25, 0.3) is 0 Å². The molecule has 0 aromatic heterocycles. The minimum atomic E-state index is -1.92. The van der Waals surface area contributed by atoms with Gasteiger partial charge in [-0.15, -0.1) is 0 Å². The molecule has 0 aliphatic heterocycles. The van der Waals surface area contributed by atoms with E-state index in [0.29, 0.717) is 18.8 Å². The van der Waals surface area contributed by atoms with Crippen molar-refractivity contribution in [3.8, 4) is 5.75 Å². The van der Waals surface area contributed by atoms with Gasteiger partial charge in [0.05, 0.1) is 0 Å². The molecule has 1 rings (SSSR count). The van der Waals surface area contributed by atoms with Gasteiger partial charge in [0.15, 0.2) is 0 Å².